The molecule has 2 atom stereocenters. The molecule has 0 radical (unpaired) electrons. The maximum atomic E-state index is 12.0. The van der Waals surface area contributed by atoms with Crippen molar-refractivity contribution in [2.75, 3.05) is 7.11 Å². The lowest BCUT2D eigenvalue weighted by atomic mass is 10.1. The second kappa shape index (κ2) is 7.33. The van der Waals surface area contributed by atoms with Gasteiger partial charge in [-0.3, -0.25) is 4.79 Å². The molecular weight excluding hydrogens is 246 g/mol. The number of carboxylic acid groups (broad SMARTS) is 1. The van der Waals surface area contributed by atoms with Crippen LogP contribution in [-0.4, -0.2) is 30.1 Å². The fourth-order valence-corrected chi connectivity index (χ4v) is 1.66. The molecule has 19 heavy (non-hydrogen) atoms. The first kappa shape index (κ1) is 14.9. The molecule has 0 fully saturated rings. The molecule has 0 heterocycles. The molecule has 0 bridgehead atoms. The summed E-state index contributed by atoms with van der Waals surface area (Å²) in [7, 11) is 1.40. The van der Waals surface area contributed by atoms with Gasteiger partial charge in [-0.05, 0) is 12.0 Å². The van der Waals surface area contributed by atoms with E-state index in [1.54, 1.807) is 24.3 Å². The first-order valence-corrected chi connectivity index (χ1v) is 5.82. The molecule has 0 aromatic heterocycles. The molecule has 1 amide bonds. The molecule has 0 aliphatic rings. The molecule has 1 aromatic rings. The van der Waals surface area contributed by atoms with E-state index in [-0.39, 0.29) is 6.42 Å². The lowest BCUT2D eigenvalue weighted by Gasteiger charge is -2.18. The molecule has 5 nitrogen and oxygen atoms in total. The van der Waals surface area contributed by atoms with E-state index >= 15 is 0 Å². The summed E-state index contributed by atoms with van der Waals surface area (Å²) in [5.41, 5.74) is 0.672. The van der Waals surface area contributed by atoms with Crippen molar-refractivity contribution < 1.29 is 19.4 Å². The fraction of sp³-hybridized carbons (Fsp3) is 0.286. The van der Waals surface area contributed by atoms with Crippen LogP contribution in [0.25, 0.3) is 0 Å². The van der Waals surface area contributed by atoms with Gasteiger partial charge in [-0.1, -0.05) is 36.4 Å². The number of amides is 1. The molecule has 2 N–H and O–H groups in total. The van der Waals surface area contributed by atoms with Crippen molar-refractivity contribution in [2.45, 2.75) is 18.6 Å². The number of methoxy groups -OCH3 is 1. The molecule has 0 aliphatic heterocycles. The van der Waals surface area contributed by atoms with Crippen LogP contribution in [0, 0.1) is 0 Å². The van der Waals surface area contributed by atoms with Gasteiger partial charge in [0.1, 0.15) is 6.04 Å². The number of aliphatic carboxylic acids is 1. The number of rotatable bonds is 7. The van der Waals surface area contributed by atoms with Crippen molar-refractivity contribution in [3.05, 3.63) is 48.6 Å². The van der Waals surface area contributed by atoms with E-state index in [2.05, 4.69) is 11.9 Å². The van der Waals surface area contributed by atoms with Gasteiger partial charge >= 0.3 is 5.97 Å². The Bertz CT molecular complexity index is 444. The van der Waals surface area contributed by atoms with E-state index in [1.807, 2.05) is 6.07 Å². The third kappa shape index (κ3) is 4.22. The van der Waals surface area contributed by atoms with Crippen LogP contribution in [0.15, 0.2) is 43.0 Å². The van der Waals surface area contributed by atoms with Gasteiger partial charge in [0, 0.05) is 7.11 Å². The third-order valence-corrected chi connectivity index (χ3v) is 2.59. The fourth-order valence-electron chi connectivity index (χ4n) is 1.66. The van der Waals surface area contributed by atoms with Crippen molar-refractivity contribution in [2.24, 2.45) is 0 Å². The minimum absolute atomic E-state index is 0.159. The molecule has 0 unspecified atom stereocenters. The van der Waals surface area contributed by atoms with Crippen LogP contribution in [0.3, 0.4) is 0 Å². The summed E-state index contributed by atoms with van der Waals surface area (Å²) in [6.45, 7) is 3.47. The van der Waals surface area contributed by atoms with E-state index in [9.17, 15) is 9.59 Å². The normalized spacial score (nSPS) is 13.3. The predicted molar refractivity (Wildman–Crippen MR) is 70.6 cm³/mol. The largest absolute Gasteiger partial charge is 0.480 e. The highest BCUT2D eigenvalue weighted by atomic mass is 16.5. The van der Waals surface area contributed by atoms with Crippen molar-refractivity contribution in [3.8, 4) is 0 Å². The first-order chi connectivity index (χ1) is 9.10. The number of ether oxygens (including phenoxy) is 1. The van der Waals surface area contributed by atoms with E-state index in [1.165, 1.54) is 13.2 Å². The summed E-state index contributed by atoms with van der Waals surface area (Å²) in [6.07, 6.45) is 0.781. The Kier molecular flexibility index (Phi) is 5.75. The summed E-state index contributed by atoms with van der Waals surface area (Å²) in [5.74, 6) is -1.58. The third-order valence-electron chi connectivity index (χ3n) is 2.59. The summed E-state index contributed by atoms with van der Waals surface area (Å²) < 4.78 is 5.13. The molecule has 5 heteroatoms. The van der Waals surface area contributed by atoms with E-state index in [4.69, 9.17) is 9.84 Å². The summed E-state index contributed by atoms with van der Waals surface area (Å²) >= 11 is 0. The molecular formula is C14H17NO4. The zero-order chi connectivity index (χ0) is 14.3. The minimum atomic E-state index is -1.10. The van der Waals surface area contributed by atoms with Gasteiger partial charge in [0.25, 0.3) is 5.91 Å². The number of hydrogen-bond acceptors (Lipinski definition) is 3. The predicted octanol–water partition coefficient (Wildman–Crippen LogP) is 1.52. The quantitative estimate of drug-likeness (QED) is 0.731. The van der Waals surface area contributed by atoms with Crippen molar-refractivity contribution in [3.63, 3.8) is 0 Å². The first-order valence-electron chi connectivity index (χ1n) is 5.82. The van der Waals surface area contributed by atoms with Crippen LogP contribution < -0.4 is 5.32 Å². The number of carbonyl (C=O) groups excluding carboxylic acids is 1. The summed E-state index contributed by atoms with van der Waals surface area (Å²) in [6, 6.07) is 7.89. The van der Waals surface area contributed by atoms with Gasteiger partial charge in [-0.25, -0.2) is 4.79 Å². The topological polar surface area (TPSA) is 75.6 Å². The van der Waals surface area contributed by atoms with E-state index < -0.39 is 24.0 Å². The Labute approximate surface area is 111 Å². The highest BCUT2D eigenvalue weighted by Crippen LogP contribution is 2.16. The molecule has 0 saturated carbocycles. The van der Waals surface area contributed by atoms with Crippen molar-refractivity contribution in [1.82, 2.24) is 5.32 Å². The SMILES string of the molecule is C=CC[C@@H](NC(=O)[C@H](OC)c1ccccc1)C(=O)O. The van der Waals surface area contributed by atoms with Crippen LogP contribution >= 0.6 is 0 Å². The summed E-state index contributed by atoms with van der Waals surface area (Å²) in [5, 5.41) is 11.4. The average Bonchev–Trinajstić information content (AvgIpc) is 2.40. The smallest absolute Gasteiger partial charge is 0.326 e. The van der Waals surface area contributed by atoms with Gasteiger partial charge < -0.3 is 15.2 Å². The molecule has 0 aliphatic carbocycles. The van der Waals surface area contributed by atoms with E-state index in [0.717, 1.165) is 0 Å². The zero-order valence-corrected chi connectivity index (χ0v) is 10.7. The molecule has 1 rings (SSSR count). The van der Waals surface area contributed by atoms with Gasteiger partial charge in [0.15, 0.2) is 6.10 Å². The highest BCUT2D eigenvalue weighted by molar-refractivity contribution is 5.87. The standard InChI is InChI=1S/C14H17NO4/c1-3-7-11(14(17)18)15-13(16)12(19-2)10-8-5-4-6-9-10/h3-6,8-9,11-12H,1,7H2,2H3,(H,15,16)(H,17,18)/t11-,12-/m1/s1. The number of benzene rings is 1. The number of hydrogen-bond donors (Lipinski definition) is 2. The maximum Gasteiger partial charge on any atom is 0.326 e. The molecule has 0 spiro atoms. The Morgan fingerprint density at radius 2 is 2.05 bits per heavy atom. The Balaban J connectivity index is 2.79. The number of nitrogens with one attached hydrogen (secondary N) is 1. The van der Waals surface area contributed by atoms with Crippen LogP contribution in [0.4, 0.5) is 0 Å². The second-order valence-electron chi connectivity index (χ2n) is 3.95. The Morgan fingerprint density at radius 3 is 2.53 bits per heavy atom. The molecule has 0 saturated heterocycles. The minimum Gasteiger partial charge on any atom is -0.480 e. The zero-order valence-electron chi connectivity index (χ0n) is 10.7. The second-order valence-corrected chi connectivity index (χ2v) is 3.95. The highest BCUT2D eigenvalue weighted by Gasteiger charge is 2.25. The van der Waals surface area contributed by atoms with Crippen LogP contribution in [0.5, 0.6) is 0 Å². The van der Waals surface area contributed by atoms with Crippen LogP contribution in [-0.2, 0) is 14.3 Å². The lowest BCUT2D eigenvalue weighted by Crippen LogP contribution is -2.43. The number of carbonyl (C=O) groups is 2. The molecule has 102 valence electrons. The maximum absolute atomic E-state index is 12.0. The lowest BCUT2D eigenvalue weighted by molar-refractivity contribution is -0.143. The van der Waals surface area contributed by atoms with Crippen molar-refractivity contribution in [1.29, 1.82) is 0 Å². The number of carboxylic acids is 1. The summed E-state index contributed by atoms with van der Waals surface area (Å²) in [4.78, 5) is 23.0. The van der Waals surface area contributed by atoms with Gasteiger partial charge in [0.05, 0.1) is 0 Å². The van der Waals surface area contributed by atoms with Gasteiger partial charge in [-0.2, -0.15) is 0 Å². The van der Waals surface area contributed by atoms with Crippen LogP contribution in [0.1, 0.15) is 18.1 Å². The monoisotopic (exact) mass is 263 g/mol. The van der Waals surface area contributed by atoms with Gasteiger partial charge in [-0.15, -0.1) is 6.58 Å². The van der Waals surface area contributed by atoms with Crippen LogP contribution in [0.2, 0.25) is 0 Å². The molecule has 1 aromatic carbocycles. The average molecular weight is 263 g/mol. The Hall–Kier alpha value is -2.14. The van der Waals surface area contributed by atoms with Crippen molar-refractivity contribution >= 4 is 11.9 Å². The van der Waals surface area contributed by atoms with E-state index in [0.29, 0.717) is 5.56 Å². The van der Waals surface area contributed by atoms with Gasteiger partial charge in [0.2, 0.25) is 0 Å². The Morgan fingerprint density at radius 1 is 1.42 bits per heavy atom.